The van der Waals surface area contributed by atoms with Crippen LogP contribution < -0.4 is 0 Å². The molecule has 0 aromatic carbocycles. The van der Waals surface area contributed by atoms with Gasteiger partial charge in [-0.3, -0.25) is 4.79 Å². The van der Waals surface area contributed by atoms with E-state index in [0.717, 1.165) is 45.3 Å². The third-order valence-electron chi connectivity index (χ3n) is 4.47. The molecule has 1 saturated heterocycles. The summed E-state index contributed by atoms with van der Waals surface area (Å²) in [6.07, 6.45) is 4.44. The maximum absolute atomic E-state index is 12.5. The smallest absolute Gasteiger partial charge is 0.323 e. The number of piperidine rings is 1. The standard InChI is InChI=1S/C15H27N3O3/c1-16-7-5-13(6-8-16)9-17(2)15(21)18(11-14(19)20)10-12-3-4-12/h12-13H,3-11H2,1-2H3,(H,19,20). The van der Waals surface area contributed by atoms with Crippen LogP contribution in [0, 0.1) is 11.8 Å². The SMILES string of the molecule is CN1CCC(CN(C)C(=O)N(CC(=O)O)CC2CC2)CC1. The molecule has 120 valence electrons. The fourth-order valence-electron chi connectivity index (χ4n) is 2.94. The molecule has 1 saturated carbocycles. The van der Waals surface area contributed by atoms with Gasteiger partial charge < -0.3 is 19.8 Å². The van der Waals surface area contributed by atoms with Gasteiger partial charge in [0.2, 0.25) is 0 Å². The van der Waals surface area contributed by atoms with E-state index < -0.39 is 5.97 Å². The fraction of sp³-hybridized carbons (Fsp3) is 0.867. The summed E-state index contributed by atoms with van der Waals surface area (Å²) in [7, 11) is 3.91. The highest BCUT2D eigenvalue weighted by Gasteiger charge is 2.30. The summed E-state index contributed by atoms with van der Waals surface area (Å²) in [5, 5.41) is 8.98. The minimum absolute atomic E-state index is 0.136. The summed E-state index contributed by atoms with van der Waals surface area (Å²) in [6, 6.07) is -0.136. The van der Waals surface area contributed by atoms with Crippen molar-refractivity contribution in [2.75, 3.05) is 46.8 Å². The predicted molar refractivity (Wildman–Crippen MR) is 80.2 cm³/mol. The Morgan fingerprint density at radius 3 is 2.19 bits per heavy atom. The minimum Gasteiger partial charge on any atom is -0.480 e. The number of urea groups is 1. The van der Waals surface area contributed by atoms with Crippen LogP contribution in [0.3, 0.4) is 0 Å². The zero-order valence-electron chi connectivity index (χ0n) is 13.1. The van der Waals surface area contributed by atoms with E-state index in [1.807, 2.05) is 0 Å². The molecule has 0 radical (unpaired) electrons. The van der Waals surface area contributed by atoms with Crippen molar-refractivity contribution < 1.29 is 14.7 Å². The number of amides is 2. The molecule has 1 aliphatic carbocycles. The van der Waals surface area contributed by atoms with E-state index in [4.69, 9.17) is 5.11 Å². The normalized spacial score (nSPS) is 20.3. The molecule has 21 heavy (non-hydrogen) atoms. The van der Waals surface area contributed by atoms with Crippen LogP contribution in [0.4, 0.5) is 4.79 Å². The van der Waals surface area contributed by atoms with Crippen molar-refractivity contribution in [2.45, 2.75) is 25.7 Å². The van der Waals surface area contributed by atoms with Crippen molar-refractivity contribution >= 4 is 12.0 Å². The molecule has 2 amide bonds. The number of hydrogen-bond acceptors (Lipinski definition) is 3. The Kier molecular flexibility index (Phi) is 5.45. The van der Waals surface area contributed by atoms with Crippen molar-refractivity contribution in [3.05, 3.63) is 0 Å². The molecule has 0 aromatic rings. The van der Waals surface area contributed by atoms with Crippen molar-refractivity contribution in [1.29, 1.82) is 0 Å². The zero-order valence-corrected chi connectivity index (χ0v) is 13.1. The predicted octanol–water partition coefficient (Wildman–Crippen LogP) is 1.18. The summed E-state index contributed by atoms with van der Waals surface area (Å²) < 4.78 is 0. The van der Waals surface area contributed by atoms with Crippen molar-refractivity contribution in [1.82, 2.24) is 14.7 Å². The van der Waals surface area contributed by atoms with Crippen LogP contribution in [-0.4, -0.2) is 78.6 Å². The average molecular weight is 297 g/mol. The molecule has 0 unspecified atom stereocenters. The van der Waals surface area contributed by atoms with Gasteiger partial charge in [-0.1, -0.05) is 0 Å². The van der Waals surface area contributed by atoms with Gasteiger partial charge in [0.25, 0.3) is 0 Å². The van der Waals surface area contributed by atoms with Gasteiger partial charge in [0.1, 0.15) is 6.54 Å². The van der Waals surface area contributed by atoms with Gasteiger partial charge >= 0.3 is 12.0 Å². The van der Waals surface area contributed by atoms with Crippen LogP contribution in [0.15, 0.2) is 0 Å². The highest BCUT2D eigenvalue weighted by atomic mass is 16.4. The van der Waals surface area contributed by atoms with Gasteiger partial charge in [-0.25, -0.2) is 4.79 Å². The summed E-state index contributed by atoms with van der Waals surface area (Å²) in [5.74, 6) is 0.101. The Labute approximate surface area is 126 Å². The van der Waals surface area contributed by atoms with E-state index in [1.54, 1.807) is 11.9 Å². The van der Waals surface area contributed by atoms with E-state index in [1.165, 1.54) is 4.90 Å². The largest absolute Gasteiger partial charge is 0.480 e. The third-order valence-corrected chi connectivity index (χ3v) is 4.47. The molecule has 6 heteroatoms. The molecule has 2 rings (SSSR count). The number of likely N-dealkylation sites (tertiary alicyclic amines) is 1. The Bertz CT molecular complexity index is 376. The van der Waals surface area contributed by atoms with Crippen molar-refractivity contribution in [3.63, 3.8) is 0 Å². The first-order chi connectivity index (χ1) is 9.95. The molecule has 2 fully saturated rings. The lowest BCUT2D eigenvalue weighted by molar-refractivity contribution is -0.137. The van der Waals surface area contributed by atoms with E-state index >= 15 is 0 Å². The lowest BCUT2D eigenvalue weighted by Gasteiger charge is -2.33. The van der Waals surface area contributed by atoms with E-state index in [0.29, 0.717) is 18.4 Å². The number of aliphatic carboxylic acids is 1. The van der Waals surface area contributed by atoms with E-state index in [9.17, 15) is 9.59 Å². The van der Waals surface area contributed by atoms with Gasteiger partial charge in [-0.15, -0.1) is 0 Å². The van der Waals surface area contributed by atoms with Crippen molar-refractivity contribution in [2.24, 2.45) is 11.8 Å². The third kappa shape index (κ3) is 5.19. The average Bonchev–Trinajstić information content (AvgIpc) is 3.23. The molecule has 1 heterocycles. The Morgan fingerprint density at radius 1 is 1.10 bits per heavy atom. The molecule has 0 atom stereocenters. The van der Waals surface area contributed by atoms with Gasteiger partial charge in [-0.05, 0) is 57.7 Å². The maximum Gasteiger partial charge on any atom is 0.323 e. The topological polar surface area (TPSA) is 64.1 Å². The van der Waals surface area contributed by atoms with Crippen LogP contribution >= 0.6 is 0 Å². The number of carbonyl (C=O) groups excluding carboxylic acids is 1. The highest BCUT2D eigenvalue weighted by Crippen LogP contribution is 2.30. The summed E-state index contributed by atoms with van der Waals surface area (Å²) in [6.45, 7) is 3.28. The van der Waals surface area contributed by atoms with Crippen LogP contribution in [0.1, 0.15) is 25.7 Å². The number of nitrogens with zero attached hydrogens (tertiary/aromatic N) is 3. The number of carboxylic acid groups (broad SMARTS) is 1. The summed E-state index contributed by atoms with van der Waals surface area (Å²) >= 11 is 0. The molecular formula is C15H27N3O3. The van der Waals surface area contributed by atoms with Gasteiger partial charge in [0, 0.05) is 20.1 Å². The van der Waals surface area contributed by atoms with Crippen molar-refractivity contribution in [3.8, 4) is 0 Å². The zero-order chi connectivity index (χ0) is 15.4. The first kappa shape index (κ1) is 16.1. The maximum atomic E-state index is 12.5. The molecule has 0 spiro atoms. The number of hydrogen-bond donors (Lipinski definition) is 1. The molecule has 6 nitrogen and oxygen atoms in total. The summed E-state index contributed by atoms with van der Waals surface area (Å²) in [4.78, 5) is 28.9. The van der Waals surface area contributed by atoms with Crippen LogP contribution in [-0.2, 0) is 4.79 Å². The van der Waals surface area contributed by atoms with E-state index in [-0.39, 0.29) is 12.6 Å². The number of rotatable bonds is 6. The second kappa shape index (κ2) is 7.11. The lowest BCUT2D eigenvalue weighted by atomic mass is 9.97. The Balaban J connectivity index is 1.84. The molecular weight excluding hydrogens is 270 g/mol. The van der Waals surface area contributed by atoms with Crippen LogP contribution in [0.5, 0.6) is 0 Å². The van der Waals surface area contributed by atoms with Crippen LogP contribution in [0.2, 0.25) is 0 Å². The first-order valence-corrected chi connectivity index (χ1v) is 7.86. The quantitative estimate of drug-likeness (QED) is 0.799. The molecule has 1 aliphatic heterocycles. The number of carboxylic acids is 1. The van der Waals surface area contributed by atoms with Gasteiger partial charge in [0.15, 0.2) is 0 Å². The molecule has 0 bridgehead atoms. The van der Waals surface area contributed by atoms with Crippen LogP contribution in [0.25, 0.3) is 0 Å². The number of carbonyl (C=O) groups is 2. The molecule has 2 aliphatic rings. The molecule has 1 N–H and O–H groups in total. The minimum atomic E-state index is -0.934. The van der Waals surface area contributed by atoms with Gasteiger partial charge in [0.05, 0.1) is 0 Å². The Morgan fingerprint density at radius 2 is 1.67 bits per heavy atom. The Hall–Kier alpha value is -1.30. The van der Waals surface area contributed by atoms with Gasteiger partial charge in [-0.2, -0.15) is 0 Å². The molecule has 0 aromatic heterocycles. The second-order valence-electron chi connectivity index (χ2n) is 6.63. The monoisotopic (exact) mass is 297 g/mol. The van der Waals surface area contributed by atoms with E-state index in [2.05, 4.69) is 11.9 Å². The second-order valence-corrected chi connectivity index (χ2v) is 6.63. The highest BCUT2D eigenvalue weighted by molar-refractivity contribution is 5.80. The lowest BCUT2D eigenvalue weighted by Crippen LogP contribution is -2.47. The fourth-order valence-corrected chi connectivity index (χ4v) is 2.94. The first-order valence-electron chi connectivity index (χ1n) is 7.86. The summed E-state index contributed by atoms with van der Waals surface area (Å²) in [5.41, 5.74) is 0.